The molecule has 4 heteroatoms. The molecule has 0 bridgehead atoms. The van der Waals surface area contributed by atoms with Gasteiger partial charge in [-0.2, -0.15) is 0 Å². The SMILES string of the molecule is O=C1/C(=C/c2c3ccccc3cc3ccccc23)SC(=S)N1C1CCCCC1. The summed E-state index contributed by atoms with van der Waals surface area (Å²) in [7, 11) is 0. The molecule has 1 saturated carbocycles. The lowest BCUT2D eigenvalue weighted by atomic mass is 9.94. The molecule has 0 radical (unpaired) electrons. The van der Waals surface area contributed by atoms with Crippen molar-refractivity contribution in [3.63, 3.8) is 0 Å². The number of hydrogen-bond acceptors (Lipinski definition) is 3. The topological polar surface area (TPSA) is 20.3 Å². The third-order valence-corrected chi connectivity index (χ3v) is 7.18. The average Bonchev–Trinajstić information content (AvgIpc) is 3.01. The highest BCUT2D eigenvalue weighted by molar-refractivity contribution is 8.26. The fraction of sp³-hybridized carbons (Fsp3) is 0.250. The van der Waals surface area contributed by atoms with Crippen molar-refractivity contribution in [3.05, 3.63) is 65.1 Å². The van der Waals surface area contributed by atoms with Crippen molar-refractivity contribution >= 4 is 61.8 Å². The predicted molar refractivity (Wildman–Crippen MR) is 123 cm³/mol. The quantitative estimate of drug-likeness (QED) is 0.276. The molecule has 1 saturated heterocycles. The van der Waals surface area contributed by atoms with E-state index in [-0.39, 0.29) is 11.9 Å². The van der Waals surface area contributed by atoms with Gasteiger partial charge in [-0.25, -0.2) is 0 Å². The van der Waals surface area contributed by atoms with Crippen molar-refractivity contribution in [1.29, 1.82) is 0 Å². The first kappa shape index (κ1) is 17.9. The maximum atomic E-state index is 13.2. The zero-order chi connectivity index (χ0) is 19.1. The Bertz CT molecular complexity index is 1070. The molecule has 0 aromatic heterocycles. The minimum Gasteiger partial charge on any atom is -0.290 e. The molecule has 0 spiro atoms. The fourth-order valence-electron chi connectivity index (χ4n) is 4.47. The van der Waals surface area contributed by atoms with Gasteiger partial charge >= 0.3 is 0 Å². The Labute approximate surface area is 174 Å². The van der Waals surface area contributed by atoms with Gasteiger partial charge in [0.15, 0.2) is 0 Å². The summed E-state index contributed by atoms with van der Waals surface area (Å²) in [5, 5.41) is 4.72. The highest BCUT2D eigenvalue weighted by atomic mass is 32.2. The van der Waals surface area contributed by atoms with Crippen LogP contribution >= 0.6 is 24.0 Å². The van der Waals surface area contributed by atoms with Gasteiger partial charge in [0.25, 0.3) is 5.91 Å². The number of carbonyl (C=O) groups excluding carboxylic acids is 1. The number of carbonyl (C=O) groups is 1. The Morgan fingerprint density at radius 3 is 2.18 bits per heavy atom. The molecule has 2 aliphatic rings. The van der Waals surface area contributed by atoms with E-state index in [1.807, 2.05) is 4.90 Å². The molecule has 1 aliphatic heterocycles. The van der Waals surface area contributed by atoms with Gasteiger partial charge in [-0.3, -0.25) is 9.69 Å². The Hall–Kier alpha value is -2.17. The summed E-state index contributed by atoms with van der Waals surface area (Å²) in [5.41, 5.74) is 1.11. The van der Waals surface area contributed by atoms with Crippen LogP contribution in [-0.2, 0) is 4.79 Å². The second-order valence-corrected chi connectivity index (χ2v) is 9.25. The summed E-state index contributed by atoms with van der Waals surface area (Å²) in [5.74, 6) is 0.0823. The molecule has 28 heavy (non-hydrogen) atoms. The predicted octanol–water partition coefficient (Wildman–Crippen LogP) is 6.53. The fourth-order valence-corrected chi connectivity index (χ4v) is 5.85. The van der Waals surface area contributed by atoms with Crippen LogP contribution in [0.5, 0.6) is 0 Å². The maximum Gasteiger partial charge on any atom is 0.266 e. The molecule has 0 unspecified atom stereocenters. The molecule has 2 nitrogen and oxygen atoms in total. The minimum atomic E-state index is 0.0823. The standard InChI is InChI=1S/C24H21NOS2/c26-23-22(28-24(27)25(23)18-10-2-1-3-11-18)15-21-19-12-6-4-8-16(19)14-17-9-5-7-13-20(17)21/h4-9,12-15,18H,1-3,10-11H2/b22-15-. The number of hydrogen-bond donors (Lipinski definition) is 0. The van der Waals surface area contributed by atoms with Gasteiger partial charge in [-0.05, 0) is 52.1 Å². The zero-order valence-corrected chi connectivity index (χ0v) is 17.2. The molecule has 1 heterocycles. The summed E-state index contributed by atoms with van der Waals surface area (Å²) < 4.78 is 0.715. The summed E-state index contributed by atoms with van der Waals surface area (Å²) in [6, 6.07) is 19.3. The molecule has 140 valence electrons. The lowest BCUT2D eigenvalue weighted by Gasteiger charge is -2.29. The van der Waals surface area contributed by atoms with Gasteiger partial charge in [0.1, 0.15) is 4.32 Å². The Morgan fingerprint density at radius 1 is 0.929 bits per heavy atom. The largest absolute Gasteiger partial charge is 0.290 e. The van der Waals surface area contributed by atoms with Crippen molar-refractivity contribution in [1.82, 2.24) is 4.90 Å². The number of thioether (sulfide) groups is 1. The highest BCUT2D eigenvalue weighted by Crippen LogP contribution is 2.39. The van der Waals surface area contributed by atoms with Crippen LogP contribution in [0, 0.1) is 0 Å². The maximum absolute atomic E-state index is 13.2. The van der Waals surface area contributed by atoms with Crippen LogP contribution in [0.2, 0.25) is 0 Å². The Balaban J connectivity index is 1.63. The number of thiocarbonyl (C=S) groups is 1. The van der Waals surface area contributed by atoms with Crippen molar-refractivity contribution in [2.75, 3.05) is 0 Å². The van der Waals surface area contributed by atoms with Gasteiger partial charge < -0.3 is 0 Å². The van der Waals surface area contributed by atoms with Crippen LogP contribution in [0.25, 0.3) is 27.6 Å². The summed E-state index contributed by atoms with van der Waals surface area (Å²) in [6.07, 6.45) is 7.84. The van der Waals surface area contributed by atoms with E-state index in [1.165, 1.54) is 52.6 Å². The summed E-state index contributed by atoms with van der Waals surface area (Å²) in [4.78, 5) is 15.9. The van der Waals surface area contributed by atoms with E-state index in [0.717, 1.165) is 23.3 Å². The molecule has 2 fully saturated rings. The molecule has 3 aromatic rings. The molecule has 3 aromatic carbocycles. The number of rotatable bonds is 2. The number of amides is 1. The van der Waals surface area contributed by atoms with E-state index in [2.05, 4.69) is 60.7 Å². The smallest absolute Gasteiger partial charge is 0.266 e. The lowest BCUT2D eigenvalue weighted by Crippen LogP contribution is -2.39. The van der Waals surface area contributed by atoms with Crippen molar-refractivity contribution < 1.29 is 4.79 Å². The number of nitrogens with zero attached hydrogens (tertiary/aromatic N) is 1. The van der Waals surface area contributed by atoms with E-state index in [1.54, 1.807) is 0 Å². The van der Waals surface area contributed by atoms with E-state index in [9.17, 15) is 4.79 Å². The van der Waals surface area contributed by atoms with Crippen LogP contribution in [0.4, 0.5) is 0 Å². The van der Waals surface area contributed by atoms with Crippen LogP contribution in [0.1, 0.15) is 37.7 Å². The van der Waals surface area contributed by atoms with Crippen molar-refractivity contribution in [2.45, 2.75) is 38.1 Å². The van der Waals surface area contributed by atoms with Gasteiger partial charge in [0.05, 0.1) is 4.91 Å². The molecule has 1 aliphatic carbocycles. The van der Waals surface area contributed by atoms with Crippen LogP contribution < -0.4 is 0 Å². The Morgan fingerprint density at radius 2 is 1.54 bits per heavy atom. The molecular weight excluding hydrogens is 382 g/mol. The molecule has 0 atom stereocenters. The second kappa shape index (κ2) is 7.34. The van der Waals surface area contributed by atoms with Gasteiger partial charge in [-0.15, -0.1) is 0 Å². The Kier molecular flexibility index (Phi) is 4.69. The normalized spacial score (nSPS) is 20.0. The first-order chi connectivity index (χ1) is 13.7. The van der Waals surface area contributed by atoms with Gasteiger partial charge in [0, 0.05) is 6.04 Å². The van der Waals surface area contributed by atoms with Crippen LogP contribution in [-0.4, -0.2) is 21.2 Å². The molecule has 1 amide bonds. The first-order valence-electron chi connectivity index (χ1n) is 9.90. The molecule has 5 rings (SSSR count). The highest BCUT2D eigenvalue weighted by Gasteiger charge is 2.37. The van der Waals surface area contributed by atoms with E-state index in [4.69, 9.17) is 12.2 Å². The number of fused-ring (bicyclic) bond motifs is 2. The number of benzene rings is 3. The van der Waals surface area contributed by atoms with E-state index >= 15 is 0 Å². The van der Waals surface area contributed by atoms with E-state index < -0.39 is 0 Å². The molecular formula is C24H21NOS2. The van der Waals surface area contributed by atoms with Crippen molar-refractivity contribution in [3.8, 4) is 0 Å². The van der Waals surface area contributed by atoms with E-state index in [0.29, 0.717) is 4.32 Å². The zero-order valence-electron chi connectivity index (χ0n) is 15.6. The first-order valence-corrected chi connectivity index (χ1v) is 11.1. The van der Waals surface area contributed by atoms with Crippen molar-refractivity contribution in [2.24, 2.45) is 0 Å². The molecule has 0 N–H and O–H groups in total. The second-order valence-electron chi connectivity index (χ2n) is 7.58. The third-order valence-electron chi connectivity index (χ3n) is 5.85. The minimum absolute atomic E-state index is 0.0823. The third kappa shape index (κ3) is 3.05. The van der Waals surface area contributed by atoms with Crippen LogP contribution in [0.3, 0.4) is 0 Å². The van der Waals surface area contributed by atoms with Gasteiger partial charge in [0.2, 0.25) is 0 Å². The summed E-state index contributed by atoms with van der Waals surface area (Å²) in [6.45, 7) is 0. The van der Waals surface area contributed by atoms with Gasteiger partial charge in [-0.1, -0.05) is 91.8 Å². The monoisotopic (exact) mass is 403 g/mol. The van der Waals surface area contributed by atoms with Crippen LogP contribution in [0.15, 0.2) is 59.5 Å². The average molecular weight is 404 g/mol. The summed E-state index contributed by atoms with van der Waals surface area (Å²) >= 11 is 7.07. The lowest BCUT2D eigenvalue weighted by molar-refractivity contribution is -0.124.